The predicted molar refractivity (Wildman–Crippen MR) is 101 cm³/mol. The smallest absolute Gasteiger partial charge is 0.257 e. The number of hydrogen-bond donors (Lipinski definition) is 1. The topological polar surface area (TPSA) is 94.2 Å². The minimum absolute atomic E-state index is 0.0321. The summed E-state index contributed by atoms with van der Waals surface area (Å²) in [5.41, 5.74) is 0.227. The summed E-state index contributed by atoms with van der Waals surface area (Å²) in [6.45, 7) is 6.44. The normalized spacial score (nSPS) is 15.2. The van der Waals surface area contributed by atoms with Crippen LogP contribution < -0.4 is 9.46 Å². The van der Waals surface area contributed by atoms with Crippen LogP contribution >= 0.6 is 0 Å². The first kappa shape index (κ1) is 21.6. The summed E-state index contributed by atoms with van der Waals surface area (Å²) in [5.74, 6) is 0.0771. The third kappa shape index (κ3) is 6.17. The number of carbonyl (C=O) groups is 1. The Hall–Kier alpha value is -1.68. The van der Waals surface area contributed by atoms with Gasteiger partial charge in [0, 0.05) is 26.2 Å². The molecule has 1 aliphatic heterocycles. The predicted octanol–water partition coefficient (Wildman–Crippen LogP) is 1.26. The molecule has 0 radical (unpaired) electrons. The van der Waals surface area contributed by atoms with E-state index in [2.05, 4.69) is 4.72 Å². The van der Waals surface area contributed by atoms with Crippen molar-refractivity contribution < 1.29 is 27.4 Å². The summed E-state index contributed by atoms with van der Waals surface area (Å²) < 4.78 is 43.5. The largest absolute Gasteiger partial charge is 0.496 e. The van der Waals surface area contributed by atoms with Crippen molar-refractivity contribution in [3.63, 3.8) is 0 Å². The number of sulfonamides is 1. The molecule has 0 atom stereocenters. The SMILES string of the molecule is COc1ccc(S(=O)(=O)NCCCOC(C)C)cc1C(=O)N1CCOCC1. The van der Waals surface area contributed by atoms with Gasteiger partial charge >= 0.3 is 0 Å². The molecule has 8 nitrogen and oxygen atoms in total. The molecule has 1 aliphatic rings. The number of benzene rings is 1. The fraction of sp³-hybridized carbons (Fsp3) is 0.611. The molecule has 1 fully saturated rings. The molecular formula is C18H28N2O6S. The average molecular weight is 400 g/mol. The van der Waals surface area contributed by atoms with Gasteiger partial charge in [0.15, 0.2) is 0 Å². The molecule has 152 valence electrons. The average Bonchev–Trinajstić information content (AvgIpc) is 2.67. The van der Waals surface area contributed by atoms with E-state index in [1.165, 1.54) is 25.3 Å². The van der Waals surface area contributed by atoms with Crippen molar-refractivity contribution in [3.05, 3.63) is 23.8 Å². The number of nitrogens with one attached hydrogen (secondary N) is 1. The third-order valence-corrected chi connectivity index (χ3v) is 5.53. The number of rotatable bonds is 9. The molecule has 0 unspecified atom stereocenters. The van der Waals surface area contributed by atoms with Crippen LogP contribution in [0.15, 0.2) is 23.1 Å². The summed E-state index contributed by atoms with van der Waals surface area (Å²) in [5, 5.41) is 0. The van der Waals surface area contributed by atoms with Gasteiger partial charge in [-0.25, -0.2) is 13.1 Å². The number of morpholine rings is 1. The maximum atomic E-state index is 12.8. The zero-order chi connectivity index (χ0) is 19.9. The zero-order valence-corrected chi connectivity index (χ0v) is 16.9. The van der Waals surface area contributed by atoms with Crippen LogP contribution in [-0.4, -0.2) is 71.9 Å². The van der Waals surface area contributed by atoms with Crippen molar-refractivity contribution in [3.8, 4) is 5.75 Å². The zero-order valence-electron chi connectivity index (χ0n) is 16.1. The Balaban J connectivity index is 2.11. The van der Waals surface area contributed by atoms with Gasteiger partial charge in [-0.2, -0.15) is 0 Å². The van der Waals surface area contributed by atoms with Crippen LogP contribution in [0.2, 0.25) is 0 Å². The van der Waals surface area contributed by atoms with Gasteiger partial charge in [0.25, 0.3) is 5.91 Å². The van der Waals surface area contributed by atoms with Crippen LogP contribution in [0.4, 0.5) is 0 Å². The minimum atomic E-state index is -3.73. The maximum absolute atomic E-state index is 12.8. The van der Waals surface area contributed by atoms with Crippen molar-refractivity contribution in [2.24, 2.45) is 0 Å². The van der Waals surface area contributed by atoms with E-state index in [-0.39, 0.29) is 29.0 Å². The molecule has 0 bridgehead atoms. The van der Waals surface area contributed by atoms with Crippen molar-refractivity contribution >= 4 is 15.9 Å². The van der Waals surface area contributed by atoms with Crippen molar-refractivity contribution in [1.82, 2.24) is 9.62 Å². The molecule has 1 aromatic rings. The monoisotopic (exact) mass is 400 g/mol. The van der Waals surface area contributed by atoms with Crippen LogP contribution in [0, 0.1) is 0 Å². The van der Waals surface area contributed by atoms with Crippen LogP contribution in [0.25, 0.3) is 0 Å². The van der Waals surface area contributed by atoms with Gasteiger partial charge in [-0.15, -0.1) is 0 Å². The molecule has 1 amide bonds. The second-order valence-electron chi connectivity index (χ2n) is 6.44. The summed E-state index contributed by atoms with van der Waals surface area (Å²) in [4.78, 5) is 14.4. The lowest BCUT2D eigenvalue weighted by Crippen LogP contribution is -2.40. The van der Waals surface area contributed by atoms with E-state index in [0.717, 1.165) is 0 Å². The van der Waals surface area contributed by atoms with Crippen LogP contribution in [-0.2, 0) is 19.5 Å². The van der Waals surface area contributed by atoms with Crippen molar-refractivity contribution in [1.29, 1.82) is 0 Å². The van der Waals surface area contributed by atoms with Crippen LogP contribution in [0.1, 0.15) is 30.6 Å². The lowest BCUT2D eigenvalue weighted by molar-refractivity contribution is 0.0300. The number of hydrogen-bond acceptors (Lipinski definition) is 6. The van der Waals surface area contributed by atoms with Gasteiger partial charge in [0.1, 0.15) is 5.75 Å². The standard InChI is InChI=1S/C18H28N2O6S/c1-14(2)26-10-4-7-19-27(22,23)15-5-6-17(24-3)16(13-15)18(21)20-8-11-25-12-9-20/h5-6,13-14,19H,4,7-12H2,1-3H3. The summed E-state index contributed by atoms with van der Waals surface area (Å²) in [6.07, 6.45) is 0.671. The van der Waals surface area contributed by atoms with Gasteiger partial charge in [-0.1, -0.05) is 0 Å². The number of ether oxygens (including phenoxy) is 3. The molecule has 0 aliphatic carbocycles. The Morgan fingerprint density at radius 3 is 2.63 bits per heavy atom. The number of methoxy groups -OCH3 is 1. The Labute approximate surface area is 160 Å². The first-order chi connectivity index (χ1) is 12.8. The maximum Gasteiger partial charge on any atom is 0.257 e. The number of carbonyl (C=O) groups excluding carboxylic acids is 1. The summed E-state index contributed by atoms with van der Waals surface area (Å²) in [6, 6.07) is 4.30. The third-order valence-electron chi connectivity index (χ3n) is 4.07. The highest BCUT2D eigenvalue weighted by molar-refractivity contribution is 7.89. The van der Waals surface area contributed by atoms with Gasteiger partial charge in [0.05, 0.1) is 36.9 Å². The van der Waals surface area contributed by atoms with Crippen molar-refractivity contribution in [2.45, 2.75) is 31.3 Å². The first-order valence-electron chi connectivity index (χ1n) is 9.01. The van der Waals surface area contributed by atoms with E-state index in [1.807, 2.05) is 13.8 Å². The number of amides is 1. The highest BCUT2D eigenvalue weighted by Crippen LogP contribution is 2.24. The second-order valence-corrected chi connectivity index (χ2v) is 8.20. The molecule has 9 heteroatoms. The molecule has 0 spiro atoms. The van der Waals surface area contributed by atoms with E-state index in [9.17, 15) is 13.2 Å². The molecule has 0 aromatic heterocycles. The molecule has 27 heavy (non-hydrogen) atoms. The highest BCUT2D eigenvalue weighted by atomic mass is 32.2. The van der Waals surface area contributed by atoms with Gasteiger partial charge in [0.2, 0.25) is 10.0 Å². The first-order valence-corrected chi connectivity index (χ1v) is 10.5. The van der Waals surface area contributed by atoms with E-state index in [1.54, 1.807) is 4.90 Å². The molecule has 1 aromatic carbocycles. The number of nitrogens with zero attached hydrogens (tertiary/aromatic N) is 1. The lowest BCUT2D eigenvalue weighted by atomic mass is 10.1. The molecule has 1 N–H and O–H groups in total. The Morgan fingerprint density at radius 1 is 1.30 bits per heavy atom. The van der Waals surface area contributed by atoms with E-state index >= 15 is 0 Å². The lowest BCUT2D eigenvalue weighted by Gasteiger charge is -2.27. The summed E-state index contributed by atoms with van der Waals surface area (Å²) >= 11 is 0. The second kappa shape index (κ2) is 10.0. The molecule has 2 rings (SSSR count). The molecule has 0 saturated carbocycles. The molecule has 1 saturated heterocycles. The highest BCUT2D eigenvalue weighted by Gasteiger charge is 2.24. The Kier molecular flexibility index (Phi) is 8.03. The van der Waals surface area contributed by atoms with E-state index in [0.29, 0.717) is 45.1 Å². The van der Waals surface area contributed by atoms with Crippen LogP contribution in [0.3, 0.4) is 0 Å². The molecule has 1 heterocycles. The summed E-state index contributed by atoms with van der Waals surface area (Å²) in [7, 11) is -2.28. The van der Waals surface area contributed by atoms with Gasteiger partial charge < -0.3 is 19.1 Å². The van der Waals surface area contributed by atoms with E-state index < -0.39 is 10.0 Å². The molecular weight excluding hydrogens is 372 g/mol. The Bertz CT molecular complexity index is 729. The van der Waals surface area contributed by atoms with Crippen molar-refractivity contribution in [2.75, 3.05) is 46.6 Å². The quantitative estimate of drug-likeness (QED) is 0.627. The fourth-order valence-electron chi connectivity index (χ4n) is 2.64. The van der Waals surface area contributed by atoms with Gasteiger partial charge in [-0.3, -0.25) is 4.79 Å². The Morgan fingerprint density at radius 2 is 2.00 bits per heavy atom. The van der Waals surface area contributed by atoms with Gasteiger partial charge in [-0.05, 0) is 38.5 Å². The van der Waals surface area contributed by atoms with E-state index in [4.69, 9.17) is 14.2 Å². The minimum Gasteiger partial charge on any atom is -0.496 e. The fourth-order valence-corrected chi connectivity index (χ4v) is 3.74. The van der Waals surface area contributed by atoms with Crippen LogP contribution in [0.5, 0.6) is 5.75 Å².